The minimum atomic E-state index is -0.341. The predicted octanol–water partition coefficient (Wildman–Crippen LogP) is 4.31. The summed E-state index contributed by atoms with van der Waals surface area (Å²) in [7, 11) is 0. The average molecular weight is 322 g/mol. The Morgan fingerprint density at radius 2 is 2.00 bits per heavy atom. The summed E-state index contributed by atoms with van der Waals surface area (Å²) in [5.41, 5.74) is 3.50. The number of hydrogen-bond acceptors (Lipinski definition) is 2. The number of carbonyl (C=O) groups is 1. The maximum absolute atomic E-state index is 11.4. The lowest BCUT2D eigenvalue weighted by Gasteiger charge is -2.20. The molecule has 1 amide bonds. The van der Waals surface area contributed by atoms with Gasteiger partial charge >= 0.3 is 0 Å². The first-order valence-electron chi connectivity index (χ1n) is 6.51. The number of alkyl halides is 1. The highest BCUT2D eigenvalue weighted by molar-refractivity contribution is 6.31. The maximum atomic E-state index is 11.4. The van der Waals surface area contributed by atoms with Crippen LogP contribution in [0, 0.1) is 6.92 Å². The number of ether oxygens (including phenoxy) is 1. The molecule has 0 saturated heterocycles. The fourth-order valence-electron chi connectivity index (χ4n) is 2.36. The van der Waals surface area contributed by atoms with Crippen LogP contribution in [-0.4, -0.2) is 12.5 Å². The molecular formula is C16H13Cl2NO2. The van der Waals surface area contributed by atoms with Crippen molar-refractivity contribution >= 4 is 34.8 Å². The first-order chi connectivity index (χ1) is 10.0. The molecule has 5 heteroatoms. The number of benzene rings is 2. The fourth-order valence-corrected chi connectivity index (χ4v) is 2.92. The molecule has 108 valence electrons. The van der Waals surface area contributed by atoms with E-state index in [9.17, 15) is 4.79 Å². The third kappa shape index (κ3) is 2.99. The van der Waals surface area contributed by atoms with Crippen LogP contribution in [0.5, 0.6) is 5.75 Å². The molecule has 0 spiro atoms. The van der Waals surface area contributed by atoms with E-state index in [2.05, 4.69) is 5.32 Å². The largest absolute Gasteiger partial charge is 0.482 e. The molecule has 0 bridgehead atoms. The first-order valence-corrected chi connectivity index (χ1v) is 7.32. The van der Waals surface area contributed by atoms with E-state index in [1.54, 1.807) is 0 Å². The lowest BCUT2D eigenvalue weighted by molar-refractivity contribution is -0.118. The Bertz CT molecular complexity index is 695. The van der Waals surface area contributed by atoms with E-state index >= 15 is 0 Å². The Morgan fingerprint density at radius 3 is 2.76 bits per heavy atom. The highest BCUT2D eigenvalue weighted by Crippen LogP contribution is 2.36. The summed E-state index contributed by atoms with van der Waals surface area (Å²) in [6, 6.07) is 11.3. The number of nitrogens with one attached hydrogen (secondary N) is 1. The summed E-state index contributed by atoms with van der Waals surface area (Å²) in [5, 5.41) is 3.10. The molecule has 21 heavy (non-hydrogen) atoms. The Hall–Kier alpha value is -1.71. The fraction of sp³-hybridized carbons (Fsp3) is 0.188. The molecule has 0 aromatic heterocycles. The van der Waals surface area contributed by atoms with Crippen LogP contribution in [0.2, 0.25) is 5.02 Å². The lowest BCUT2D eigenvalue weighted by atomic mass is 10.0. The molecule has 1 atom stereocenters. The molecule has 2 aromatic rings. The molecule has 1 heterocycles. The number of anilines is 1. The minimum Gasteiger partial charge on any atom is -0.482 e. The Kier molecular flexibility index (Phi) is 3.79. The van der Waals surface area contributed by atoms with Crippen LogP contribution in [-0.2, 0) is 4.79 Å². The van der Waals surface area contributed by atoms with Gasteiger partial charge in [-0.25, -0.2) is 0 Å². The van der Waals surface area contributed by atoms with Gasteiger partial charge in [0.05, 0.1) is 11.1 Å². The van der Waals surface area contributed by atoms with Gasteiger partial charge in [0.15, 0.2) is 6.61 Å². The highest BCUT2D eigenvalue weighted by atomic mass is 35.5. The Balaban J connectivity index is 1.96. The number of carbonyl (C=O) groups excluding carboxylic acids is 1. The topological polar surface area (TPSA) is 38.3 Å². The van der Waals surface area contributed by atoms with Crippen LogP contribution in [0.25, 0.3) is 0 Å². The molecule has 0 fully saturated rings. The number of fused-ring (bicyclic) bond motifs is 1. The second kappa shape index (κ2) is 5.58. The summed E-state index contributed by atoms with van der Waals surface area (Å²) in [6.45, 7) is 2.02. The molecule has 0 saturated carbocycles. The van der Waals surface area contributed by atoms with Crippen molar-refractivity contribution in [1.82, 2.24) is 0 Å². The second-order valence-corrected chi connectivity index (χ2v) is 5.89. The van der Waals surface area contributed by atoms with Gasteiger partial charge in [0, 0.05) is 5.02 Å². The van der Waals surface area contributed by atoms with Crippen LogP contribution in [0.1, 0.15) is 22.1 Å². The van der Waals surface area contributed by atoms with Gasteiger partial charge in [-0.1, -0.05) is 23.7 Å². The van der Waals surface area contributed by atoms with Gasteiger partial charge in [-0.3, -0.25) is 4.79 Å². The molecule has 0 radical (unpaired) electrons. The summed E-state index contributed by atoms with van der Waals surface area (Å²) in [6.07, 6.45) is 0. The van der Waals surface area contributed by atoms with Gasteiger partial charge in [-0.15, -0.1) is 11.6 Å². The van der Waals surface area contributed by atoms with Crippen molar-refractivity contribution in [1.29, 1.82) is 0 Å². The van der Waals surface area contributed by atoms with Gasteiger partial charge in [-0.05, 0) is 47.9 Å². The predicted molar refractivity (Wildman–Crippen MR) is 84.5 cm³/mol. The van der Waals surface area contributed by atoms with Crippen molar-refractivity contribution in [3.05, 3.63) is 58.1 Å². The average Bonchev–Trinajstić information content (AvgIpc) is 2.44. The van der Waals surface area contributed by atoms with E-state index < -0.39 is 0 Å². The molecule has 0 aliphatic carbocycles. The first kappa shape index (κ1) is 14.2. The van der Waals surface area contributed by atoms with Crippen molar-refractivity contribution in [2.45, 2.75) is 12.3 Å². The molecule has 1 N–H and O–H groups in total. The Labute approximate surface area is 132 Å². The zero-order valence-corrected chi connectivity index (χ0v) is 12.8. The van der Waals surface area contributed by atoms with E-state index in [0.29, 0.717) is 16.5 Å². The van der Waals surface area contributed by atoms with E-state index in [4.69, 9.17) is 27.9 Å². The molecule has 1 aliphatic heterocycles. The van der Waals surface area contributed by atoms with Crippen molar-refractivity contribution in [3.8, 4) is 5.75 Å². The minimum absolute atomic E-state index is 0.0458. The van der Waals surface area contributed by atoms with E-state index in [-0.39, 0.29) is 17.9 Å². The van der Waals surface area contributed by atoms with E-state index in [1.165, 1.54) is 0 Å². The van der Waals surface area contributed by atoms with Crippen molar-refractivity contribution in [3.63, 3.8) is 0 Å². The van der Waals surface area contributed by atoms with Gasteiger partial charge in [0.2, 0.25) is 0 Å². The van der Waals surface area contributed by atoms with Crippen LogP contribution < -0.4 is 10.1 Å². The van der Waals surface area contributed by atoms with Gasteiger partial charge in [0.1, 0.15) is 5.75 Å². The second-order valence-electron chi connectivity index (χ2n) is 5.02. The van der Waals surface area contributed by atoms with Crippen LogP contribution in [0.4, 0.5) is 5.69 Å². The van der Waals surface area contributed by atoms with Crippen molar-refractivity contribution in [2.75, 3.05) is 11.9 Å². The zero-order valence-electron chi connectivity index (χ0n) is 11.3. The normalized spacial score (nSPS) is 14.9. The number of halogens is 2. The number of hydrogen-bond donors (Lipinski definition) is 1. The molecule has 1 aliphatic rings. The molecule has 1 unspecified atom stereocenters. The zero-order chi connectivity index (χ0) is 15.0. The maximum Gasteiger partial charge on any atom is 0.262 e. The van der Waals surface area contributed by atoms with Crippen molar-refractivity contribution in [2.24, 2.45) is 0 Å². The summed E-state index contributed by atoms with van der Waals surface area (Å²) in [4.78, 5) is 11.4. The van der Waals surface area contributed by atoms with Crippen molar-refractivity contribution < 1.29 is 9.53 Å². The lowest BCUT2D eigenvalue weighted by Crippen LogP contribution is -2.25. The quantitative estimate of drug-likeness (QED) is 0.837. The van der Waals surface area contributed by atoms with Crippen LogP contribution >= 0.6 is 23.2 Å². The summed E-state index contributed by atoms with van der Waals surface area (Å²) in [5.74, 6) is 0.494. The molecule has 2 aromatic carbocycles. The monoisotopic (exact) mass is 321 g/mol. The number of amides is 1. The SMILES string of the molecule is Cc1cc(Cl)cc(C(Cl)c2ccc3c(c2)NC(=O)CO3)c1. The van der Waals surface area contributed by atoms with Gasteiger partial charge in [-0.2, -0.15) is 0 Å². The molecule has 3 nitrogen and oxygen atoms in total. The third-order valence-electron chi connectivity index (χ3n) is 3.29. The highest BCUT2D eigenvalue weighted by Gasteiger charge is 2.19. The van der Waals surface area contributed by atoms with Crippen LogP contribution in [0.15, 0.2) is 36.4 Å². The van der Waals surface area contributed by atoms with E-state index in [1.807, 2.05) is 43.3 Å². The van der Waals surface area contributed by atoms with Gasteiger partial charge < -0.3 is 10.1 Å². The third-order valence-corrected chi connectivity index (χ3v) is 4.01. The van der Waals surface area contributed by atoms with E-state index in [0.717, 1.165) is 16.7 Å². The van der Waals surface area contributed by atoms with Gasteiger partial charge in [0.25, 0.3) is 5.91 Å². The van der Waals surface area contributed by atoms with Crippen LogP contribution in [0.3, 0.4) is 0 Å². The standard InChI is InChI=1S/C16H13Cl2NO2/c1-9-4-11(6-12(17)5-9)16(18)10-2-3-14-13(7-10)19-15(20)8-21-14/h2-7,16H,8H2,1H3,(H,19,20). The smallest absolute Gasteiger partial charge is 0.262 e. The molecular weight excluding hydrogens is 309 g/mol. The molecule has 3 rings (SSSR count). The number of rotatable bonds is 2. The summed E-state index contributed by atoms with van der Waals surface area (Å²) >= 11 is 12.6. The Morgan fingerprint density at radius 1 is 1.19 bits per heavy atom. The number of aryl methyl sites for hydroxylation is 1. The summed E-state index contributed by atoms with van der Waals surface area (Å²) < 4.78 is 5.34.